The molecule has 0 radical (unpaired) electrons. The van der Waals surface area contributed by atoms with E-state index in [9.17, 15) is 17.6 Å². The van der Waals surface area contributed by atoms with Crippen molar-refractivity contribution in [3.63, 3.8) is 0 Å². The van der Waals surface area contributed by atoms with E-state index in [1.54, 1.807) is 30.3 Å². The number of hydrogen-bond acceptors (Lipinski definition) is 0. The molecule has 0 saturated carbocycles. The zero-order chi connectivity index (χ0) is 39.9. The van der Waals surface area contributed by atoms with Crippen LogP contribution in [0.25, 0.3) is 109 Å². The second-order valence-electron chi connectivity index (χ2n) is 15.1. The summed E-state index contributed by atoms with van der Waals surface area (Å²) in [6.07, 6.45) is 0. The van der Waals surface area contributed by atoms with E-state index < -0.39 is 17.5 Å². The first kappa shape index (κ1) is 34.8. The first-order chi connectivity index (χ1) is 28.8. The van der Waals surface area contributed by atoms with Gasteiger partial charge in [0.05, 0.1) is 0 Å². The summed E-state index contributed by atoms with van der Waals surface area (Å²) in [5.74, 6) is -4.76. The molecule has 0 N–H and O–H groups in total. The zero-order valence-corrected chi connectivity index (χ0v) is 31.1. The molecule has 0 aliphatic rings. The van der Waals surface area contributed by atoms with Crippen LogP contribution in [0.5, 0.6) is 0 Å². The molecule has 0 spiro atoms. The molecular formula is C54H29F5. The van der Waals surface area contributed by atoms with Gasteiger partial charge in [0.2, 0.25) is 0 Å². The van der Waals surface area contributed by atoms with Crippen LogP contribution in [0.4, 0.5) is 22.0 Å². The van der Waals surface area contributed by atoms with Gasteiger partial charge in [-0.15, -0.1) is 0 Å². The fraction of sp³-hybridized carbons (Fsp3) is 0. The van der Waals surface area contributed by atoms with E-state index in [0.717, 1.165) is 110 Å². The summed E-state index contributed by atoms with van der Waals surface area (Å²) < 4.78 is 73.2. The first-order valence-corrected chi connectivity index (χ1v) is 19.3. The van der Waals surface area contributed by atoms with E-state index >= 15 is 4.39 Å². The van der Waals surface area contributed by atoms with Crippen LogP contribution in [0, 0.1) is 29.1 Å². The molecule has 5 heteroatoms. The molecule has 0 nitrogen and oxygen atoms in total. The minimum absolute atomic E-state index is 0.192. The molecule has 0 unspecified atom stereocenters. The Kier molecular flexibility index (Phi) is 7.89. The molecule has 0 aromatic heterocycles. The maximum absolute atomic E-state index is 15.0. The highest BCUT2D eigenvalue weighted by molar-refractivity contribution is 6.29. The molecule has 0 fully saturated rings. The van der Waals surface area contributed by atoms with Crippen LogP contribution in [0.1, 0.15) is 0 Å². The van der Waals surface area contributed by atoms with Crippen LogP contribution in [0.15, 0.2) is 176 Å². The summed E-state index contributed by atoms with van der Waals surface area (Å²) in [6.45, 7) is 0. The minimum atomic E-state index is -1.53. The summed E-state index contributed by atoms with van der Waals surface area (Å²) in [4.78, 5) is 0. The van der Waals surface area contributed by atoms with Gasteiger partial charge in [-0.2, -0.15) is 0 Å². The van der Waals surface area contributed by atoms with Gasteiger partial charge in [0.15, 0.2) is 17.5 Å². The van der Waals surface area contributed by atoms with E-state index in [4.69, 9.17) is 0 Å². The van der Waals surface area contributed by atoms with Gasteiger partial charge in [-0.3, -0.25) is 0 Å². The van der Waals surface area contributed by atoms with Gasteiger partial charge >= 0.3 is 0 Å². The van der Waals surface area contributed by atoms with E-state index in [-0.39, 0.29) is 17.2 Å². The van der Waals surface area contributed by atoms with E-state index in [2.05, 4.69) is 48.5 Å². The van der Waals surface area contributed by atoms with Gasteiger partial charge < -0.3 is 0 Å². The molecule has 0 aliphatic heterocycles. The Labute approximate surface area is 335 Å². The van der Waals surface area contributed by atoms with Crippen LogP contribution in [0.2, 0.25) is 0 Å². The highest BCUT2D eigenvalue weighted by Gasteiger charge is 2.23. The van der Waals surface area contributed by atoms with E-state index in [1.807, 2.05) is 66.7 Å². The van der Waals surface area contributed by atoms with Crippen LogP contribution < -0.4 is 0 Å². The Morgan fingerprint density at radius 3 is 1.29 bits per heavy atom. The molecule has 0 aliphatic carbocycles. The van der Waals surface area contributed by atoms with Crippen molar-refractivity contribution in [2.45, 2.75) is 0 Å². The third kappa shape index (κ3) is 5.57. The van der Waals surface area contributed by atoms with Crippen molar-refractivity contribution in [1.29, 1.82) is 0 Å². The molecule has 11 aromatic carbocycles. The summed E-state index contributed by atoms with van der Waals surface area (Å²) in [6, 6.07) is 54.0. The number of hydrogen-bond donors (Lipinski definition) is 0. The van der Waals surface area contributed by atoms with Gasteiger partial charge in [-0.1, -0.05) is 115 Å². The number of halogens is 5. The lowest BCUT2D eigenvalue weighted by Crippen LogP contribution is -1.96. The highest BCUT2D eigenvalue weighted by Crippen LogP contribution is 2.50. The monoisotopic (exact) mass is 772 g/mol. The van der Waals surface area contributed by atoms with Crippen molar-refractivity contribution in [3.05, 3.63) is 205 Å². The van der Waals surface area contributed by atoms with Gasteiger partial charge in [0.1, 0.15) is 11.6 Å². The van der Waals surface area contributed by atoms with Crippen LogP contribution in [-0.4, -0.2) is 0 Å². The fourth-order valence-corrected chi connectivity index (χ4v) is 9.08. The second-order valence-corrected chi connectivity index (χ2v) is 15.1. The molecule has 0 heterocycles. The van der Waals surface area contributed by atoms with Gasteiger partial charge in [-0.25, -0.2) is 22.0 Å². The molecular weight excluding hydrogens is 744 g/mol. The number of benzene rings is 11. The van der Waals surface area contributed by atoms with Crippen molar-refractivity contribution in [3.8, 4) is 44.5 Å². The van der Waals surface area contributed by atoms with E-state index in [1.165, 1.54) is 18.2 Å². The lowest BCUT2D eigenvalue weighted by Gasteiger charge is -2.22. The maximum Gasteiger partial charge on any atom is 0.194 e. The predicted octanol–water partition coefficient (Wildman–Crippen LogP) is 16.0. The Balaban J connectivity index is 1.36. The molecule has 0 amide bonds. The molecule has 11 rings (SSSR count). The molecule has 280 valence electrons. The summed E-state index contributed by atoms with van der Waals surface area (Å²) in [5.41, 5.74) is 5.99. The molecule has 0 bridgehead atoms. The largest absolute Gasteiger partial charge is 0.207 e. The molecule has 59 heavy (non-hydrogen) atoms. The molecule has 0 atom stereocenters. The predicted molar refractivity (Wildman–Crippen MR) is 233 cm³/mol. The van der Waals surface area contributed by atoms with Crippen LogP contribution in [-0.2, 0) is 0 Å². The standard InChI is InChI=1S/C54H29F5/c55-36-17-13-30(14-18-36)31-15-20-44-48(24-31)53(47-27-35-23-37(56)19-22-39(35)41-10-4-6-12-43(41)47)45-21-16-32(34-28-50(57)54(59)51(58)29-34)25-49(45)52(44)46-26-33-7-1-2-8-38(33)40-9-3-5-11-42(40)46/h1-29H. The lowest BCUT2D eigenvalue weighted by atomic mass is 9.81. The van der Waals surface area contributed by atoms with E-state index in [0.29, 0.717) is 5.56 Å². The smallest absolute Gasteiger partial charge is 0.194 e. The maximum atomic E-state index is 15.0. The Morgan fingerprint density at radius 2 is 0.695 bits per heavy atom. The topological polar surface area (TPSA) is 0 Å². The highest BCUT2D eigenvalue weighted by atomic mass is 19.2. The average Bonchev–Trinajstić information content (AvgIpc) is 3.26. The number of fused-ring (bicyclic) bond motifs is 8. The van der Waals surface area contributed by atoms with Crippen molar-refractivity contribution in [2.75, 3.05) is 0 Å². The van der Waals surface area contributed by atoms with Crippen molar-refractivity contribution in [2.24, 2.45) is 0 Å². The van der Waals surface area contributed by atoms with Gasteiger partial charge in [-0.05, 0) is 170 Å². The van der Waals surface area contributed by atoms with Crippen molar-refractivity contribution in [1.82, 2.24) is 0 Å². The van der Waals surface area contributed by atoms with Gasteiger partial charge in [0, 0.05) is 0 Å². The molecule has 11 aromatic rings. The molecule has 0 saturated heterocycles. The third-order valence-electron chi connectivity index (χ3n) is 11.7. The number of rotatable bonds is 4. The summed E-state index contributed by atoms with van der Waals surface area (Å²) in [5, 5.41) is 11.2. The zero-order valence-electron chi connectivity index (χ0n) is 31.1. The third-order valence-corrected chi connectivity index (χ3v) is 11.7. The van der Waals surface area contributed by atoms with Crippen molar-refractivity contribution >= 4 is 64.6 Å². The minimum Gasteiger partial charge on any atom is -0.207 e. The lowest BCUT2D eigenvalue weighted by molar-refractivity contribution is 0.448. The summed E-state index contributed by atoms with van der Waals surface area (Å²) >= 11 is 0. The Bertz CT molecular complexity index is 3530. The Hall–Kier alpha value is -7.37. The normalized spacial score (nSPS) is 11.8. The fourth-order valence-electron chi connectivity index (χ4n) is 9.08. The van der Waals surface area contributed by atoms with Crippen LogP contribution >= 0.6 is 0 Å². The first-order valence-electron chi connectivity index (χ1n) is 19.3. The van der Waals surface area contributed by atoms with Crippen LogP contribution in [0.3, 0.4) is 0 Å². The quantitative estimate of drug-likeness (QED) is 0.0723. The average molecular weight is 773 g/mol. The Morgan fingerprint density at radius 1 is 0.254 bits per heavy atom. The van der Waals surface area contributed by atoms with Gasteiger partial charge in [0.25, 0.3) is 0 Å². The summed E-state index contributed by atoms with van der Waals surface area (Å²) in [7, 11) is 0. The second kappa shape index (κ2) is 13.4. The SMILES string of the molecule is Fc1ccc(-c2ccc3c(-c4cc5ccccc5c5ccccc45)c4cc(-c5cc(F)c(F)c(F)c5)ccc4c(-c4cc5cc(F)ccc5c5ccccc45)c3c2)cc1. The van der Waals surface area contributed by atoms with Crippen molar-refractivity contribution < 1.29 is 22.0 Å².